The molecule has 0 atom stereocenters. The molecular formula is C19H19N3O4. The summed E-state index contributed by atoms with van der Waals surface area (Å²) in [5.74, 6) is -0.199. The third-order valence-corrected chi connectivity index (χ3v) is 3.89. The van der Waals surface area contributed by atoms with E-state index in [1.54, 1.807) is 19.2 Å². The van der Waals surface area contributed by atoms with E-state index in [1.165, 1.54) is 0 Å². The van der Waals surface area contributed by atoms with E-state index in [2.05, 4.69) is 15.5 Å². The zero-order valence-electron chi connectivity index (χ0n) is 14.3. The summed E-state index contributed by atoms with van der Waals surface area (Å²) in [4.78, 5) is 23.9. The lowest BCUT2D eigenvalue weighted by Gasteiger charge is -2.07. The molecule has 2 aromatic carbocycles. The highest BCUT2D eigenvalue weighted by molar-refractivity contribution is 6.02. The van der Waals surface area contributed by atoms with Crippen molar-refractivity contribution in [1.29, 1.82) is 0 Å². The number of benzene rings is 2. The minimum Gasteiger partial charge on any atom is -0.497 e. The summed E-state index contributed by atoms with van der Waals surface area (Å²) in [6, 6.07) is 14.8. The number of nitrogens with zero attached hydrogens (tertiary/aromatic N) is 1. The van der Waals surface area contributed by atoms with E-state index < -0.39 is 5.97 Å². The third kappa shape index (κ3) is 4.18. The molecule has 1 aromatic heterocycles. The Morgan fingerprint density at radius 3 is 2.65 bits per heavy atom. The lowest BCUT2D eigenvalue weighted by atomic mass is 10.1. The zero-order chi connectivity index (χ0) is 18.4. The van der Waals surface area contributed by atoms with Gasteiger partial charge in [-0.15, -0.1) is 0 Å². The number of H-pyrrole nitrogens is 1. The quantitative estimate of drug-likeness (QED) is 0.635. The van der Waals surface area contributed by atoms with Gasteiger partial charge in [-0.1, -0.05) is 30.3 Å². The Kier molecular flexibility index (Phi) is 5.48. The maximum atomic E-state index is 12.1. The van der Waals surface area contributed by atoms with Crippen LogP contribution in [0.15, 0.2) is 48.5 Å². The van der Waals surface area contributed by atoms with Gasteiger partial charge in [0.05, 0.1) is 12.6 Å². The minimum atomic E-state index is -0.632. The SMILES string of the molecule is COc1ccc(CCNC(=O)COC(=O)c2n[nH]c3ccccc23)cc1. The van der Waals surface area contributed by atoms with Gasteiger partial charge in [0, 0.05) is 11.9 Å². The fourth-order valence-corrected chi connectivity index (χ4v) is 2.51. The molecule has 3 aromatic rings. The lowest BCUT2D eigenvalue weighted by Crippen LogP contribution is -2.30. The minimum absolute atomic E-state index is 0.173. The Morgan fingerprint density at radius 2 is 1.88 bits per heavy atom. The van der Waals surface area contributed by atoms with Crippen molar-refractivity contribution in [3.8, 4) is 5.75 Å². The van der Waals surface area contributed by atoms with Crippen LogP contribution in [0.2, 0.25) is 0 Å². The molecular weight excluding hydrogens is 334 g/mol. The first-order chi connectivity index (χ1) is 12.7. The van der Waals surface area contributed by atoms with Crippen LogP contribution in [0.1, 0.15) is 16.1 Å². The van der Waals surface area contributed by atoms with Crippen LogP contribution in [-0.2, 0) is 16.0 Å². The number of amides is 1. The number of esters is 1. The fourth-order valence-electron chi connectivity index (χ4n) is 2.51. The molecule has 0 aliphatic carbocycles. The van der Waals surface area contributed by atoms with E-state index in [9.17, 15) is 9.59 Å². The fraction of sp³-hybridized carbons (Fsp3) is 0.211. The van der Waals surface area contributed by atoms with E-state index in [0.29, 0.717) is 18.4 Å². The van der Waals surface area contributed by atoms with Crippen LogP contribution < -0.4 is 10.1 Å². The monoisotopic (exact) mass is 353 g/mol. The van der Waals surface area contributed by atoms with Gasteiger partial charge in [0.25, 0.3) is 5.91 Å². The van der Waals surface area contributed by atoms with E-state index in [1.807, 2.05) is 36.4 Å². The Labute approximate surface area is 150 Å². The second kappa shape index (κ2) is 8.15. The molecule has 134 valence electrons. The summed E-state index contributed by atoms with van der Waals surface area (Å²) in [5, 5.41) is 10.1. The van der Waals surface area contributed by atoms with Gasteiger partial charge in [0.1, 0.15) is 5.75 Å². The van der Waals surface area contributed by atoms with E-state index >= 15 is 0 Å². The van der Waals surface area contributed by atoms with Crippen LogP contribution >= 0.6 is 0 Å². The van der Waals surface area contributed by atoms with Gasteiger partial charge in [0.2, 0.25) is 0 Å². The van der Waals surface area contributed by atoms with Crippen molar-refractivity contribution in [2.45, 2.75) is 6.42 Å². The van der Waals surface area contributed by atoms with Gasteiger partial charge in [0.15, 0.2) is 12.3 Å². The van der Waals surface area contributed by atoms with Crippen LogP contribution in [0.5, 0.6) is 5.75 Å². The standard InChI is InChI=1S/C19H19N3O4/c1-25-14-8-6-13(7-9-14)10-11-20-17(23)12-26-19(24)18-15-4-2-3-5-16(15)21-22-18/h2-9H,10-12H2,1H3,(H,20,23)(H,21,22). The van der Waals surface area contributed by atoms with E-state index in [4.69, 9.17) is 9.47 Å². The average molecular weight is 353 g/mol. The molecule has 0 bridgehead atoms. The van der Waals surface area contributed by atoms with Crippen molar-refractivity contribution < 1.29 is 19.1 Å². The molecule has 7 heteroatoms. The molecule has 2 N–H and O–H groups in total. The maximum Gasteiger partial charge on any atom is 0.359 e. The molecule has 0 saturated carbocycles. The number of fused-ring (bicyclic) bond motifs is 1. The molecule has 1 heterocycles. The number of rotatable bonds is 7. The number of para-hydroxylation sites is 1. The topological polar surface area (TPSA) is 93.3 Å². The van der Waals surface area contributed by atoms with Gasteiger partial charge in [-0.05, 0) is 30.2 Å². The van der Waals surface area contributed by atoms with Crippen molar-refractivity contribution in [3.63, 3.8) is 0 Å². The van der Waals surface area contributed by atoms with Gasteiger partial charge in [-0.25, -0.2) is 4.79 Å². The first kappa shape index (κ1) is 17.5. The molecule has 0 unspecified atom stereocenters. The summed E-state index contributed by atoms with van der Waals surface area (Å²) in [7, 11) is 1.61. The van der Waals surface area contributed by atoms with E-state index in [0.717, 1.165) is 16.8 Å². The number of aromatic amines is 1. The van der Waals surface area contributed by atoms with Crippen molar-refractivity contribution in [2.75, 3.05) is 20.3 Å². The van der Waals surface area contributed by atoms with Crippen LogP contribution in [0.4, 0.5) is 0 Å². The summed E-state index contributed by atoms with van der Waals surface area (Å²) < 4.78 is 10.1. The molecule has 0 aliphatic rings. The highest BCUT2D eigenvalue weighted by atomic mass is 16.5. The normalized spacial score (nSPS) is 10.5. The first-order valence-corrected chi connectivity index (χ1v) is 8.17. The molecule has 1 amide bonds. The zero-order valence-corrected chi connectivity index (χ0v) is 14.3. The third-order valence-electron chi connectivity index (χ3n) is 3.89. The van der Waals surface area contributed by atoms with Crippen molar-refractivity contribution in [3.05, 3.63) is 59.8 Å². The number of hydrogen-bond acceptors (Lipinski definition) is 5. The molecule has 26 heavy (non-hydrogen) atoms. The van der Waals surface area contributed by atoms with Crippen LogP contribution in [0, 0.1) is 0 Å². The predicted molar refractivity (Wildman–Crippen MR) is 96.1 cm³/mol. The number of nitrogens with one attached hydrogen (secondary N) is 2. The molecule has 7 nitrogen and oxygen atoms in total. The summed E-state index contributed by atoms with van der Waals surface area (Å²) in [6.07, 6.45) is 0.674. The molecule has 0 aliphatic heterocycles. The number of carbonyl (C=O) groups excluding carboxylic acids is 2. The van der Waals surface area contributed by atoms with Gasteiger partial charge in [-0.2, -0.15) is 5.10 Å². The van der Waals surface area contributed by atoms with Gasteiger partial charge >= 0.3 is 5.97 Å². The van der Waals surface area contributed by atoms with Crippen LogP contribution in [0.25, 0.3) is 10.9 Å². The first-order valence-electron chi connectivity index (χ1n) is 8.17. The summed E-state index contributed by atoms with van der Waals surface area (Å²) in [5.41, 5.74) is 1.99. The Balaban J connectivity index is 1.44. The molecule has 0 fully saturated rings. The van der Waals surface area contributed by atoms with Crippen molar-refractivity contribution in [2.24, 2.45) is 0 Å². The van der Waals surface area contributed by atoms with Crippen molar-refractivity contribution in [1.82, 2.24) is 15.5 Å². The predicted octanol–water partition coefficient (Wildman–Crippen LogP) is 2.09. The van der Waals surface area contributed by atoms with Crippen LogP contribution in [-0.4, -0.2) is 42.3 Å². The van der Waals surface area contributed by atoms with Crippen LogP contribution in [0.3, 0.4) is 0 Å². The molecule has 0 saturated heterocycles. The second-order valence-corrected chi connectivity index (χ2v) is 5.64. The van der Waals surface area contributed by atoms with Crippen molar-refractivity contribution >= 4 is 22.8 Å². The Bertz CT molecular complexity index is 903. The Hall–Kier alpha value is -3.35. The number of ether oxygens (including phenoxy) is 2. The lowest BCUT2D eigenvalue weighted by molar-refractivity contribution is -0.124. The summed E-state index contributed by atoms with van der Waals surface area (Å²) in [6.45, 7) is 0.108. The average Bonchev–Trinajstić information content (AvgIpc) is 3.11. The summed E-state index contributed by atoms with van der Waals surface area (Å²) >= 11 is 0. The number of hydrogen-bond donors (Lipinski definition) is 2. The smallest absolute Gasteiger partial charge is 0.359 e. The van der Waals surface area contributed by atoms with Gasteiger partial charge in [-0.3, -0.25) is 9.89 Å². The number of aromatic nitrogens is 2. The molecule has 0 spiro atoms. The second-order valence-electron chi connectivity index (χ2n) is 5.64. The highest BCUT2D eigenvalue weighted by Gasteiger charge is 2.16. The van der Waals surface area contributed by atoms with E-state index in [-0.39, 0.29) is 18.2 Å². The highest BCUT2D eigenvalue weighted by Crippen LogP contribution is 2.15. The van der Waals surface area contributed by atoms with Gasteiger partial charge < -0.3 is 14.8 Å². The Morgan fingerprint density at radius 1 is 1.12 bits per heavy atom. The number of methoxy groups -OCH3 is 1. The maximum absolute atomic E-state index is 12.1. The number of carbonyl (C=O) groups is 2. The largest absolute Gasteiger partial charge is 0.497 e. The molecule has 0 radical (unpaired) electrons. The molecule has 3 rings (SSSR count).